The molecule has 0 N–H and O–H groups in total. The number of para-hydroxylation sites is 2. The van der Waals surface area contributed by atoms with Gasteiger partial charge in [0.2, 0.25) is 0 Å². The molecule has 0 saturated heterocycles. The van der Waals surface area contributed by atoms with Crippen molar-refractivity contribution >= 4 is 46.1 Å². The molecule has 0 heterocycles. The zero-order chi connectivity index (χ0) is 45.8. The summed E-state index contributed by atoms with van der Waals surface area (Å²) in [5.41, 5.74) is 0. The number of carbonyl (C=O) groups excluding carboxylic acids is 4. The van der Waals surface area contributed by atoms with Gasteiger partial charge in [0, 0.05) is 0 Å². The standard InChI is InChI=1S/2C10H22.2C6H7OP.4C3H8.4CH2O.CH4/c2*1-3-5-7-9-10-8-6-4-2;2*8-7-6-4-2-1-3-5-6;4*1-3-2;4*1-2;/h2*3-10H2,1-2H3;2*1-5H,8H2;4*3H2,1-2H3;4*1H2;1H4. The monoisotopic (exact) mass is 849 g/mol. The molecule has 0 aliphatic heterocycles. The largest absolute Gasteiger partial charge is 0.480 e. The van der Waals surface area contributed by atoms with Gasteiger partial charge in [0.1, 0.15) is 38.7 Å². The van der Waals surface area contributed by atoms with E-state index < -0.39 is 0 Å². The normalized spacial score (nSPS) is 7.54. The lowest BCUT2D eigenvalue weighted by Gasteiger charge is -1.97. The topological polar surface area (TPSA) is 86.7 Å². The highest BCUT2D eigenvalue weighted by molar-refractivity contribution is 7.10. The summed E-state index contributed by atoms with van der Waals surface area (Å²) in [4.78, 5) is 32.0. The van der Waals surface area contributed by atoms with Crippen LogP contribution in [0.1, 0.15) is 219 Å². The molecule has 0 radical (unpaired) electrons. The zero-order valence-corrected chi connectivity index (χ0v) is 41.7. The van der Waals surface area contributed by atoms with Gasteiger partial charge in [0.25, 0.3) is 0 Å². The van der Waals surface area contributed by atoms with Crippen LogP contribution in [0, 0.1) is 0 Å². The number of unbranched alkanes of at least 4 members (excludes halogenated alkanes) is 14. The van der Waals surface area contributed by atoms with Crippen molar-refractivity contribution in [1.29, 1.82) is 0 Å². The SMILES string of the molecule is C.C=O.C=O.C=O.C=O.CCC.CCC.CCC.CCC.CCCCCCCCCC.CCCCCCCCCC.POc1ccccc1.POc1ccccc1. The molecule has 0 amide bonds. The Labute approximate surface area is 364 Å². The molecule has 57 heavy (non-hydrogen) atoms. The molecule has 0 aromatic heterocycles. The van der Waals surface area contributed by atoms with Gasteiger partial charge in [-0.3, -0.25) is 0 Å². The Bertz CT molecular complexity index is 656. The minimum Gasteiger partial charge on any atom is -0.480 e. The number of rotatable bonds is 16. The molecule has 344 valence electrons. The lowest BCUT2D eigenvalue weighted by molar-refractivity contribution is -0.0987. The van der Waals surface area contributed by atoms with Crippen molar-refractivity contribution < 1.29 is 28.2 Å². The Hall–Kier alpha value is -2.42. The van der Waals surface area contributed by atoms with Crippen LogP contribution < -0.4 is 9.05 Å². The van der Waals surface area contributed by atoms with E-state index in [1.807, 2.05) is 87.8 Å². The van der Waals surface area contributed by atoms with Crippen molar-refractivity contribution in [3.8, 4) is 11.5 Å². The Morgan fingerprint density at radius 1 is 0.333 bits per heavy atom. The molecule has 0 bridgehead atoms. The molecule has 2 aromatic rings. The van der Waals surface area contributed by atoms with E-state index in [2.05, 4.69) is 102 Å². The van der Waals surface area contributed by atoms with Crippen LogP contribution >= 0.6 is 18.9 Å². The lowest BCUT2D eigenvalue weighted by Crippen LogP contribution is -1.77. The van der Waals surface area contributed by atoms with E-state index in [1.54, 1.807) is 0 Å². The van der Waals surface area contributed by atoms with Gasteiger partial charge in [0.05, 0.1) is 18.9 Å². The molecule has 0 saturated carbocycles. The zero-order valence-electron chi connectivity index (χ0n) is 39.3. The fourth-order valence-corrected chi connectivity index (χ4v) is 3.73. The molecule has 6 nitrogen and oxygen atoms in total. The van der Waals surface area contributed by atoms with Crippen LogP contribution in [-0.2, 0) is 19.2 Å². The molecular weight excluding hydrogens is 746 g/mol. The number of carbonyl (C=O) groups is 4. The van der Waals surface area contributed by atoms with E-state index in [9.17, 15) is 0 Å². The van der Waals surface area contributed by atoms with Gasteiger partial charge >= 0.3 is 0 Å². The molecule has 0 aliphatic carbocycles. The summed E-state index contributed by atoms with van der Waals surface area (Å²) < 4.78 is 9.66. The first-order chi connectivity index (χ1) is 27.3. The number of hydrogen-bond donors (Lipinski definition) is 0. The van der Waals surface area contributed by atoms with Gasteiger partial charge in [-0.25, -0.2) is 0 Å². The maximum atomic E-state index is 8.00. The smallest absolute Gasteiger partial charge is 0.122 e. The molecule has 0 spiro atoms. The molecule has 8 heteroatoms. The third-order valence-corrected chi connectivity index (χ3v) is 6.22. The summed E-state index contributed by atoms with van der Waals surface area (Å²) >= 11 is 0. The average Bonchev–Trinajstić information content (AvgIpc) is 3.26. The van der Waals surface area contributed by atoms with Gasteiger partial charge < -0.3 is 28.2 Å². The summed E-state index contributed by atoms with van der Waals surface area (Å²) in [6.07, 6.45) is 27.9. The minimum absolute atomic E-state index is 0. The first kappa shape index (κ1) is 82.5. The molecule has 2 rings (SSSR count). The fraction of sp³-hybridized carbons (Fsp3) is 0.673. The van der Waals surface area contributed by atoms with E-state index >= 15 is 0 Å². The molecule has 2 aromatic carbocycles. The van der Waals surface area contributed by atoms with Gasteiger partial charge in [0.15, 0.2) is 0 Å². The van der Waals surface area contributed by atoms with E-state index in [1.165, 1.54) is 128 Å². The van der Waals surface area contributed by atoms with Crippen LogP contribution in [0.25, 0.3) is 0 Å². The van der Waals surface area contributed by atoms with Crippen molar-refractivity contribution in [2.45, 2.75) is 219 Å². The Morgan fingerprint density at radius 2 is 0.474 bits per heavy atom. The maximum Gasteiger partial charge on any atom is 0.122 e. The van der Waals surface area contributed by atoms with Crippen molar-refractivity contribution in [3.05, 3.63) is 60.7 Å². The highest BCUT2D eigenvalue weighted by Crippen LogP contribution is 2.11. The van der Waals surface area contributed by atoms with Gasteiger partial charge in [-0.1, -0.05) is 255 Å². The second-order valence-corrected chi connectivity index (χ2v) is 12.4. The van der Waals surface area contributed by atoms with Gasteiger partial charge in [-0.2, -0.15) is 0 Å². The first-order valence-electron chi connectivity index (χ1n) is 21.3. The number of benzene rings is 2. The fourth-order valence-electron chi connectivity index (χ4n) is 3.41. The first-order valence-corrected chi connectivity index (χ1v) is 22.3. The average molecular weight is 849 g/mol. The third-order valence-electron chi connectivity index (χ3n) is 5.67. The highest BCUT2D eigenvalue weighted by Gasteiger charge is 1.88. The minimum atomic E-state index is 0. The van der Waals surface area contributed by atoms with Gasteiger partial charge in [-0.15, -0.1) is 0 Å². The predicted octanol–water partition coefficient (Wildman–Crippen LogP) is 17.6. The van der Waals surface area contributed by atoms with Crippen molar-refractivity contribution in [2.24, 2.45) is 0 Å². The summed E-state index contributed by atoms with van der Waals surface area (Å²) in [5, 5.41) is 0. The van der Waals surface area contributed by atoms with Crippen LogP contribution in [0.2, 0.25) is 0 Å². The molecule has 2 atom stereocenters. The predicted molar refractivity (Wildman–Crippen MR) is 269 cm³/mol. The van der Waals surface area contributed by atoms with Crippen LogP contribution in [-0.4, -0.2) is 27.2 Å². The third kappa shape index (κ3) is 143. The van der Waals surface area contributed by atoms with E-state index in [0.29, 0.717) is 0 Å². The summed E-state index contributed by atoms with van der Waals surface area (Å²) in [6, 6.07) is 19.2. The Morgan fingerprint density at radius 3 is 0.579 bits per heavy atom. The Balaban J connectivity index is -0.0000000476. The van der Waals surface area contributed by atoms with Crippen molar-refractivity contribution in [3.63, 3.8) is 0 Å². The second-order valence-electron chi connectivity index (χ2n) is 11.9. The van der Waals surface area contributed by atoms with Crippen LogP contribution in [0.5, 0.6) is 11.5 Å². The van der Waals surface area contributed by atoms with E-state index in [0.717, 1.165) is 11.5 Å². The van der Waals surface area contributed by atoms with Crippen LogP contribution in [0.4, 0.5) is 0 Å². The molecular formula is C49H102O6P2. The number of hydrogen-bond acceptors (Lipinski definition) is 6. The molecule has 0 fully saturated rings. The summed E-state index contributed by atoms with van der Waals surface area (Å²) in [5.74, 6) is 1.75. The highest BCUT2D eigenvalue weighted by atomic mass is 31.0. The summed E-state index contributed by atoms with van der Waals surface area (Å²) in [7, 11) is 4.39. The summed E-state index contributed by atoms with van der Waals surface area (Å²) in [6.45, 7) is 34.1. The quantitative estimate of drug-likeness (QED) is 0.124. The lowest BCUT2D eigenvalue weighted by atomic mass is 10.1. The maximum absolute atomic E-state index is 8.00. The van der Waals surface area contributed by atoms with Gasteiger partial charge in [-0.05, 0) is 24.3 Å². The second kappa shape index (κ2) is 117. The van der Waals surface area contributed by atoms with E-state index in [-0.39, 0.29) is 7.43 Å². The van der Waals surface area contributed by atoms with Crippen molar-refractivity contribution in [2.75, 3.05) is 0 Å². The molecule has 0 aliphatic rings. The molecule has 2 unspecified atom stereocenters. The van der Waals surface area contributed by atoms with Crippen LogP contribution in [0.15, 0.2) is 60.7 Å². The van der Waals surface area contributed by atoms with Crippen LogP contribution in [0.3, 0.4) is 0 Å². The Kier molecular flexibility index (Phi) is 169. The van der Waals surface area contributed by atoms with E-state index in [4.69, 9.17) is 28.2 Å². The van der Waals surface area contributed by atoms with Crippen molar-refractivity contribution in [1.82, 2.24) is 0 Å².